The van der Waals surface area contributed by atoms with E-state index in [-0.39, 0.29) is 5.97 Å². The molecule has 2 aromatic heterocycles. The lowest BCUT2D eigenvalue weighted by molar-refractivity contribution is 0.0602. The lowest BCUT2D eigenvalue weighted by atomic mass is 10.3. The first kappa shape index (κ1) is 14.5. The fraction of sp³-hybridized carbons (Fsp3) is 0.231. The van der Waals surface area contributed by atoms with E-state index in [0.717, 1.165) is 10.6 Å². The summed E-state index contributed by atoms with van der Waals surface area (Å²) in [6, 6.07) is 5.43. The second kappa shape index (κ2) is 6.53. The standard InChI is InChI=1S/C13H14N2O3S2/c1-8-6-10(12(16)17-2)11(20-8)15-13(19)14-7-9-4-3-5-18-9/h3-6H,7H2,1-2H3,(H2,14,15,19). The van der Waals surface area contributed by atoms with Crippen LogP contribution in [0, 0.1) is 6.92 Å². The molecule has 0 saturated carbocycles. The third kappa shape index (κ3) is 3.58. The van der Waals surface area contributed by atoms with Crippen molar-refractivity contribution >= 4 is 39.6 Å². The fourth-order valence-electron chi connectivity index (χ4n) is 1.60. The monoisotopic (exact) mass is 310 g/mol. The van der Waals surface area contributed by atoms with Crippen LogP contribution in [0.15, 0.2) is 28.9 Å². The number of hydrogen-bond acceptors (Lipinski definition) is 5. The van der Waals surface area contributed by atoms with Gasteiger partial charge in [0.15, 0.2) is 5.11 Å². The SMILES string of the molecule is COC(=O)c1cc(C)sc1NC(=S)NCc1ccco1. The first-order valence-corrected chi connectivity index (χ1v) is 7.08. The largest absolute Gasteiger partial charge is 0.467 e. The van der Waals surface area contributed by atoms with Crippen LogP contribution < -0.4 is 10.6 Å². The van der Waals surface area contributed by atoms with Gasteiger partial charge in [0.2, 0.25) is 0 Å². The second-order valence-corrected chi connectivity index (χ2v) is 5.64. The predicted molar refractivity (Wildman–Crippen MR) is 82.2 cm³/mol. The molecule has 0 aliphatic heterocycles. The number of methoxy groups -OCH3 is 1. The Labute approximate surface area is 125 Å². The Morgan fingerprint density at radius 1 is 1.55 bits per heavy atom. The van der Waals surface area contributed by atoms with Crippen molar-refractivity contribution in [2.24, 2.45) is 0 Å². The molecule has 0 amide bonds. The van der Waals surface area contributed by atoms with Crippen molar-refractivity contribution < 1.29 is 13.9 Å². The number of furan rings is 1. The minimum Gasteiger partial charge on any atom is -0.467 e. The zero-order valence-electron chi connectivity index (χ0n) is 11.1. The molecular weight excluding hydrogens is 296 g/mol. The van der Waals surface area contributed by atoms with Gasteiger partial charge >= 0.3 is 5.97 Å². The molecule has 2 heterocycles. The molecule has 0 atom stereocenters. The van der Waals surface area contributed by atoms with Crippen LogP contribution in [0.2, 0.25) is 0 Å². The third-order valence-corrected chi connectivity index (χ3v) is 3.70. The van der Waals surface area contributed by atoms with Gasteiger partial charge in [-0.1, -0.05) is 0 Å². The molecule has 7 heteroatoms. The average molecular weight is 310 g/mol. The van der Waals surface area contributed by atoms with Gasteiger partial charge in [-0.25, -0.2) is 4.79 Å². The summed E-state index contributed by atoms with van der Waals surface area (Å²) in [7, 11) is 1.35. The molecule has 0 fully saturated rings. The van der Waals surface area contributed by atoms with Crippen molar-refractivity contribution in [3.8, 4) is 0 Å². The number of thiophene rings is 1. The van der Waals surface area contributed by atoms with Gasteiger partial charge in [-0.05, 0) is 37.3 Å². The number of esters is 1. The van der Waals surface area contributed by atoms with E-state index in [0.29, 0.717) is 22.2 Å². The van der Waals surface area contributed by atoms with Gasteiger partial charge in [-0.3, -0.25) is 0 Å². The molecule has 0 aromatic carbocycles. The number of anilines is 1. The number of hydrogen-bond donors (Lipinski definition) is 2. The van der Waals surface area contributed by atoms with E-state index in [4.69, 9.17) is 21.4 Å². The van der Waals surface area contributed by atoms with E-state index in [1.54, 1.807) is 12.3 Å². The van der Waals surface area contributed by atoms with Crippen LogP contribution in [-0.4, -0.2) is 18.2 Å². The molecule has 2 aromatic rings. The number of ether oxygens (including phenoxy) is 1. The summed E-state index contributed by atoms with van der Waals surface area (Å²) in [5.41, 5.74) is 0.483. The number of carbonyl (C=O) groups is 1. The molecule has 20 heavy (non-hydrogen) atoms. The molecule has 0 saturated heterocycles. The summed E-state index contributed by atoms with van der Waals surface area (Å²) >= 11 is 6.64. The summed E-state index contributed by atoms with van der Waals surface area (Å²) in [5, 5.41) is 7.11. The quantitative estimate of drug-likeness (QED) is 0.669. The fourth-order valence-corrected chi connectivity index (χ4v) is 2.74. The lowest BCUT2D eigenvalue weighted by Crippen LogP contribution is -2.28. The van der Waals surface area contributed by atoms with E-state index in [1.807, 2.05) is 19.1 Å². The normalized spacial score (nSPS) is 10.1. The highest BCUT2D eigenvalue weighted by Gasteiger charge is 2.16. The second-order valence-electron chi connectivity index (χ2n) is 3.98. The highest BCUT2D eigenvalue weighted by molar-refractivity contribution is 7.80. The van der Waals surface area contributed by atoms with Crippen LogP contribution in [-0.2, 0) is 11.3 Å². The molecule has 0 unspecified atom stereocenters. The number of carbonyl (C=O) groups excluding carboxylic acids is 1. The highest BCUT2D eigenvalue weighted by Crippen LogP contribution is 2.28. The Bertz CT molecular complexity index is 605. The van der Waals surface area contributed by atoms with Crippen molar-refractivity contribution in [1.82, 2.24) is 5.32 Å². The van der Waals surface area contributed by atoms with Crippen molar-refractivity contribution in [3.63, 3.8) is 0 Å². The maximum Gasteiger partial charge on any atom is 0.340 e. The minimum atomic E-state index is -0.384. The number of aryl methyl sites for hydroxylation is 1. The summed E-state index contributed by atoms with van der Waals surface area (Å²) in [6.07, 6.45) is 1.60. The first-order valence-electron chi connectivity index (χ1n) is 5.86. The van der Waals surface area contributed by atoms with Crippen LogP contribution in [0.5, 0.6) is 0 Å². The van der Waals surface area contributed by atoms with Crippen LogP contribution in [0.4, 0.5) is 5.00 Å². The zero-order chi connectivity index (χ0) is 14.5. The van der Waals surface area contributed by atoms with E-state index >= 15 is 0 Å². The average Bonchev–Trinajstić information content (AvgIpc) is 3.05. The van der Waals surface area contributed by atoms with Gasteiger partial charge in [-0.2, -0.15) is 0 Å². The molecule has 0 aliphatic rings. The van der Waals surface area contributed by atoms with Crippen LogP contribution in [0.25, 0.3) is 0 Å². The van der Waals surface area contributed by atoms with Crippen molar-refractivity contribution in [1.29, 1.82) is 0 Å². The molecule has 0 spiro atoms. The summed E-state index contributed by atoms with van der Waals surface area (Å²) in [4.78, 5) is 12.6. The maximum atomic E-state index is 11.6. The summed E-state index contributed by atoms with van der Waals surface area (Å²) in [5.74, 6) is 0.399. The van der Waals surface area contributed by atoms with Gasteiger partial charge in [0.1, 0.15) is 10.8 Å². The summed E-state index contributed by atoms with van der Waals surface area (Å²) in [6.45, 7) is 2.40. The number of nitrogens with one attached hydrogen (secondary N) is 2. The van der Waals surface area contributed by atoms with Crippen LogP contribution in [0.3, 0.4) is 0 Å². The molecule has 0 aliphatic carbocycles. The van der Waals surface area contributed by atoms with Crippen LogP contribution >= 0.6 is 23.6 Å². The maximum absolute atomic E-state index is 11.6. The highest BCUT2D eigenvalue weighted by atomic mass is 32.1. The molecule has 106 valence electrons. The predicted octanol–water partition coefficient (Wildman–Crippen LogP) is 2.92. The van der Waals surface area contributed by atoms with Crippen molar-refractivity contribution in [2.75, 3.05) is 12.4 Å². The van der Waals surface area contributed by atoms with Gasteiger partial charge < -0.3 is 19.8 Å². The number of thiocarbonyl (C=S) groups is 1. The van der Waals surface area contributed by atoms with Crippen LogP contribution in [0.1, 0.15) is 21.0 Å². The Hall–Kier alpha value is -1.86. The Kier molecular flexibility index (Phi) is 4.75. The van der Waals surface area contributed by atoms with E-state index in [9.17, 15) is 4.79 Å². The van der Waals surface area contributed by atoms with Gasteiger partial charge in [0.25, 0.3) is 0 Å². The van der Waals surface area contributed by atoms with Gasteiger partial charge in [0.05, 0.1) is 25.5 Å². The number of rotatable bonds is 4. The lowest BCUT2D eigenvalue weighted by Gasteiger charge is -2.09. The van der Waals surface area contributed by atoms with Gasteiger partial charge in [0, 0.05) is 4.88 Å². The molecule has 5 nitrogen and oxygen atoms in total. The molecular formula is C13H14N2O3S2. The molecule has 2 rings (SSSR count). The Morgan fingerprint density at radius 2 is 2.35 bits per heavy atom. The van der Waals surface area contributed by atoms with E-state index in [2.05, 4.69) is 10.6 Å². The molecule has 0 bridgehead atoms. The van der Waals surface area contributed by atoms with E-state index in [1.165, 1.54) is 18.4 Å². The molecule has 2 N–H and O–H groups in total. The minimum absolute atomic E-state index is 0.384. The third-order valence-electron chi connectivity index (χ3n) is 2.49. The zero-order valence-corrected chi connectivity index (χ0v) is 12.7. The Balaban J connectivity index is 1.98. The van der Waals surface area contributed by atoms with Crippen molar-refractivity contribution in [2.45, 2.75) is 13.5 Å². The van der Waals surface area contributed by atoms with Crippen molar-refractivity contribution in [3.05, 3.63) is 40.7 Å². The Morgan fingerprint density at radius 3 is 3.00 bits per heavy atom. The van der Waals surface area contributed by atoms with E-state index < -0.39 is 0 Å². The molecule has 0 radical (unpaired) electrons. The summed E-state index contributed by atoms with van der Waals surface area (Å²) < 4.78 is 9.94. The topological polar surface area (TPSA) is 63.5 Å². The van der Waals surface area contributed by atoms with Gasteiger partial charge in [-0.15, -0.1) is 11.3 Å². The smallest absolute Gasteiger partial charge is 0.340 e. The first-order chi connectivity index (χ1) is 9.60.